The molecule has 0 spiro atoms. The highest BCUT2D eigenvalue weighted by Crippen LogP contribution is 2.25. The van der Waals surface area contributed by atoms with E-state index in [1.54, 1.807) is 43.4 Å². The van der Waals surface area contributed by atoms with Crippen molar-refractivity contribution in [2.75, 3.05) is 33.9 Å². The third-order valence-electron chi connectivity index (χ3n) is 7.37. The fourth-order valence-corrected chi connectivity index (χ4v) is 5.41. The Morgan fingerprint density at radius 2 is 1.69 bits per heavy atom. The highest BCUT2D eigenvalue weighted by molar-refractivity contribution is 9.10. The molecule has 0 saturated heterocycles. The maximum atomic E-state index is 13.9. The number of halogens is 1. The molecule has 0 bridgehead atoms. The molecule has 7 nitrogen and oxygen atoms in total. The van der Waals surface area contributed by atoms with Crippen LogP contribution in [0.3, 0.4) is 0 Å². The zero-order chi connectivity index (χ0) is 27.6. The monoisotopic (exact) mass is 595 g/mol. The van der Waals surface area contributed by atoms with Gasteiger partial charge in [-0.15, -0.1) is 0 Å². The molecule has 0 N–H and O–H groups in total. The second-order valence-corrected chi connectivity index (χ2v) is 10.9. The summed E-state index contributed by atoms with van der Waals surface area (Å²) in [5.41, 5.74) is 2.80. The van der Waals surface area contributed by atoms with Crippen LogP contribution in [0, 0.1) is 0 Å². The summed E-state index contributed by atoms with van der Waals surface area (Å²) in [5, 5.41) is 0. The van der Waals surface area contributed by atoms with Crippen LogP contribution in [0.25, 0.3) is 0 Å². The average Bonchev–Trinajstić information content (AvgIpc) is 3.41. The van der Waals surface area contributed by atoms with Crippen LogP contribution in [0.5, 0.6) is 5.75 Å². The van der Waals surface area contributed by atoms with Gasteiger partial charge in [-0.1, -0.05) is 47.3 Å². The molecule has 1 aliphatic carbocycles. The Balaban J connectivity index is 1.53. The van der Waals surface area contributed by atoms with Crippen molar-refractivity contribution in [1.82, 2.24) is 14.4 Å². The van der Waals surface area contributed by atoms with Gasteiger partial charge in [0.15, 0.2) is 0 Å². The Kier molecular flexibility index (Phi) is 10.6. The van der Waals surface area contributed by atoms with Crippen molar-refractivity contribution in [1.29, 1.82) is 0 Å². The van der Waals surface area contributed by atoms with E-state index in [4.69, 9.17) is 9.47 Å². The molecule has 208 valence electrons. The second kappa shape index (κ2) is 14.3. The quantitative estimate of drug-likeness (QED) is 0.267. The first-order valence-corrected chi connectivity index (χ1v) is 14.4. The van der Waals surface area contributed by atoms with E-state index in [9.17, 15) is 9.59 Å². The van der Waals surface area contributed by atoms with Gasteiger partial charge in [-0.2, -0.15) is 0 Å². The van der Waals surface area contributed by atoms with Crippen LogP contribution in [0.15, 0.2) is 71.3 Å². The number of amides is 2. The molecular formula is C31H38BrN3O4. The maximum Gasteiger partial charge on any atom is 0.254 e. The lowest BCUT2D eigenvalue weighted by molar-refractivity contribution is -0.135. The van der Waals surface area contributed by atoms with Gasteiger partial charge in [-0.3, -0.25) is 9.59 Å². The Bertz CT molecular complexity index is 1200. The van der Waals surface area contributed by atoms with E-state index in [-0.39, 0.29) is 24.4 Å². The summed E-state index contributed by atoms with van der Waals surface area (Å²) in [6.45, 7) is 1.96. The van der Waals surface area contributed by atoms with Crippen LogP contribution in [0.4, 0.5) is 0 Å². The molecule has 1 fully saturated rings. The van der Waals surface area contributed by atoms with Crippen molar-refractivity contribution < 1.29 is 19.1 Å². The highest BCUT2D eigenvalue weighted by atomic mass is 79.9. The summed E-state index contributed by atoms with van der Waals surface area (Å²) in [6.07, 6.45) is 7.49. The summed E-state index contributed by atoms with van der Waals surface area (Å²) in [5.74, 6) is 0.460. The molecule has 4 rings (SSSR count). The predicted octanol–water partition coefficient (Wildman–Crippen LogP) is 5.76. The first-order chi connectivity index (χ1) is 19.0. The lowest BCUT2D eigenvalue weighted by Gasteiger charge is -2.36. The Morgan fingerprint density at radius 1 is 0.974 bits per heavy atom. The first kappa shape index (κ1) is 28.9. The molecule has 0 atom stereocenters. The molecule has 1 aliphatic rings. The number of hydrogen-bond donors (Lipinski definition) is 0. The number of methoxy groups -OCH3 is 2. The van der Waals surface area contributed by atoms with Gasteiger partial charge in [-0.05, 0) is 66.9 Å². The molecule has 1 saturated carbocycles. The summed E-state index contributed by atoms with van der Waals surface area (Å²) in [6, 6.07) is 19.6. The van der Waals surface area contributed by atoms with E-state index in [2.05, 4.69) is 44.9 Å². The van der Waals surface area contributed by atoms with Gasteiger partial charge >= 0.3 is 0 Å². The van der Waals surface area contributed by atoms with Gasteiger partial charge in [0.2, 0.25) is 5.91 Å². The number of carbonyl (C=O) groups is 2. The molecule has 0 unspecified atom stereocenters. The molecule has 3 aromatic rings. The Labute approximate surface area is 239 Å². The molecule has 1 aromatic heterocycles. The number of hydrogen-bond acceptors (Lipinski definition) is 4. The van der Waals surface area contributed by atoms with E-state index < -0.39 is 0 Å². The zero-order valence-electron chi connectivity index (χ0n) is 22.9. The van der Waals surface area contributed by atoms with E-state index in [1.165, 1.54) is 12.0 Å². The molecule has 39 heavy (non-hydrogen) atoms. The van der Waals surface area contributed by atoms with Crippen LogP contribution < -0.4 is 4.74 Å². The standard InChI is InChI=1S/C31H38BrN3O4/c1-38-20-19-34(31(37)25-12-16-29(39-2)17-13-25)23-30(36)35(27-7-4-3-5-8-27)22-28-9-6-18-33(28)21-24-10-14-26(32)15-11-24/h6,9-18,27H,3-5,7-8,19-23H2,1-2H3. The van der Waals surface area contributed by atoms with E-state index in [0.717, 1.165) is 42.4 Å². The van der Waals surface area contributed by atoms with Crippen molar-refractivity contribution in [3.8, 4) is 5.75 Å². The summed E-state index contributed by atoms with van der Waals surface area (Å²) >= 11 is 3.50. The number of carbonyl (C=O) groups excluding carboxylic acids is 2. The number of nitrogens with zero attached hydrogens (tertiary/aromatic N) is 3. The minimum atomic E-state index is -0.190. The van der Waals surface area contributed by atoms with Crippen LogP contribution in [-0.2, 0) is 22.6 Å². The zero-order valence-corrected chi connectivity index (χ0v) is 24.4. The molecular weight excluding hydrogens is 558 g/mol. The topological polar surface area (TPSA) is 64.0 Å². The van der Waals surface area contributed by atoms with Crippen molar-refractivity contribution in [2.45, 2.75) is 51.2 Å². The number of rotatable bonds is 12. The summed E-state index contributed by atoms with van der Waals surface area (Å²) in [4.78, 5) is 31.0. The SMILES string of the molecule is COCCN(CC(=O)N(Cc1cccn1Cc1ccc(Br)cc1)C1CCCCC1)C(=O)c1ccc(OC)cc1. The third-order valence-corrected chi connectivity index (χ3v) is 7.90. The van der Waals surface area contributed by atoms with Gasteiger partial charge in [0.05, 0.1) is 20.3 Å². The second-order valence-electron chi connectivity index (χ2n) is 10.0. The van der Waals surface area contributed by atoms with Crippen molar-refractivity contribution in [2.24, 2.45) is 0 Å². The first-order valence-electron chi connectivity index (χ1n) is 13.6. The molecule has 0 aliphatic heterocycles. The highest BCUT2D eigenvalue weighted by Gasteiger charge is 2.29. The Morgan fingerprint density at radius 3 is 2.36 bits per heavy atom. The number of aromatic nitrogens is 1. The van der Waals surface area contributed by atoms with Gasteiger partial charge in [0.1, 0.15) is 12.3 Å². The van der Waals surface area contributed by atoms with Gasteiger partial charge < -0.3 is 23.8 Å². The predicted molar refractivity (Wildman–Crippen MR) is 156 cm³/mol. The van der Waals surface area contributed by atoms with E-state index in [0.29, 0.717) is 31.0 Å². The smallest absolute Gasteiger partial charge is 0.254 e. The van der Waals surface area contributed by atoms with E-state index >= 15 is 0 Å². The van der Waals surface area contributed by atoms with Crippen molar-refractivity contribution >= 4 is 27.7 Å². The Hall–Kier alpha value is -3.10. The molecule has 2 aromatic carbocycles. The third kappa shape index (κ3) is 7.96. The fourth-order valence-electron chi connectivity index (χ4n) is 5.15. The largest absolute Gasteiger partial charge is 0.497 e. The molecule has 2 amide bonds. The van der Waals surface area contributed by atoms with Crippen molar-refractivity contribution in [3.63, 3.8) is 0 Å². The normalized spacial score (nSPS) is 13.7. The van der Waals surface area contributed by atoms with Gasteiger partial charge in [0.25, 0.3) is 5.91 Å². The van der Waals surface area contributed by atoms with Gasteiger partial charge in [0, 0.05) is 48.2 Å². The minimum Gasteiger partial charge on any atom is -0.497 e. The summed E-state index contributed by atoms with van der Waals surface area (Å²) < 4.78 is 13.8. The maximum absolute atomic E-state index is 13.9. The molecule has 1 heterocycles. The number of benzene rings is 2. The van der Waals surface area contributed by atoms with Gasteiger partial charge in [-0.25, -0.2) is 0 Å². The molecule has 8 heteroatoms. The van der Waals surface area contributed by atoms with Crippen LogP contribution in [0.1, 0.15) is 53.7 Å². The lowest BCUT2D eigenvalue weighted by atomic mass is 9.94. The van der Waals surface area contributed by atoms with Crippen LogP contribution >= 0.6 is 15.9 Å². The minimum absolute atomic E-state index is 0.0120. The lowest BCUT2D eigenvalue weighted by Crippen LogP contribution is -2.48. The number of ether oxygens (including phenoxy) is 2. The summed E-state index contributed by atoms with van der Waals surface area (Å²) in [7, 11) is 3.20. The van der Waals surface area contributed by atoms with Crippen LogP contribution in [-0.4, -0.2) is 66.1 Å². The van der Waals surface area contributed by atoms with Crippen molar-refractivity contribution in [3.05, 3.63) is 88.2 Å². The fraction of sp³-hybridized carbons (Fsp3) is 0.419. The van der Waals surface area contributed by atoms with E-state index in [1.807, 2.05) is 23.1 Å². The average molecular weight is 597 g/mol. The molecule has 0 radical (unpaired) electrons. The van der Waals surface area contributed by atoms with Crippen LogP contribution in [0.2, 0.25) is 0 Å².